The van der Waals surface area contributed by atoms with Gasteiger partial charge < -0.3 is 28.6 Å². The number of quaternary nitrogens is 1. The lowest BCUT2D eigenvalue weighted by atomic mass is 10.1. The normalized spacial score (nSPS) is 13.6. The summed E-state index contributed by atoms with van der Waals surface area (Å²) in [5.74, 6) is -1.80. The van der Waals surface area contributed by atoms with E-state index < -0.39 is 18.1 Å². The molecule has 0 radical (unpaired) electrons. The molecular weight excluding hydrogens is 799 g/mol. The maximum Gasteiger partial charge on any atom is 0.306 e. The molecule has 0 heterocycles. The lowest BCUT2D eigenvalue weighted by molar-refractivity contribution is -0.889. The molecule has 0 aromatic rings. The Hall–Kier alpha value is -3.49. The molecule has 366 valence electrons. The van der Waals surface area contributed by atoms with Gasteiger partial charge in [-0.1, -0.05) is 176 Å². The molecule has 0 saturated carbocycles. The molecule has 0 fully saturated rings. The van der Waals surface area contributed by atoms with Gasteiger partial charge in [-0.2, -0.15) is 0 Å². The molecule has 0 bridgehead atoms. The number of unbranched alkanes of at least 4 members (excludes halogenated alkanes) is 17. The fourth-order valence-electron chi connectivity index (χ4n) is 7.07. The molecule has 0 amide bonds. The summed E-state index contributed by atoms with van der Waals surface area (Å²) in [7, 11) is 5.39. The second-order valence-corrected chi connectivity index (χ2v) is 18.0. The van der Waals surface area contributed by atoms with E-state index in [-0.39, 0.29) is 49.1 Å². The minimum atomic E-state index is -1.13. The Bertz CT molecular complexity index is 1320. The van der Waals surface area contributed by atoms with Crippen LogP contribution < -0.4 is 5.11 Å². The van der Waals surface area contributed by atoms with Crippen LogP contribution in [0.1, 0.15) is 200 Å². The van der Waals surface area contributed by atoms with Gasteiger partial charge in [0.15, 0.2) is 6.10 Å². The lowest BCUT2D eigenvalue weighted by Crippen LogP contribution is -2.55. The largest absolute Gasteiger partial charge is 0.544 e. The first-order valence-electron chi connectivity index (χ1n) is 25.6. The number of likely N-dealkylation sites (N-methyl/N-ethyl adjacent to an activating group) is 1. The van der Waals surface area contributed by atoms with E-state index >= 15 is 0 Å². The Morgan fingerprint density at radius 2 is 0.875 bits per heavy atom. The van der Waals surface area contributed by atoms with Gasteiger partial charge in [-0.15, -0.1) is 0 Å². The zero-order chi connectivity index (χ0) is 47.0. The van der Waals surface area contributed by atoms with Gasteiger partial charge in [0.05, 0.1) is 40.3 Å². The van der Waals surface area contributed by atoms with E-state index in [4.69, 9.17) is 14.2 Å². The Labute approximate surface area is 393 Å². The highest BCUT2D eigenvalue weighted by molar-refractivity contribution is 5.70. The third-order valence-corrected chi connectivity index (χ3v) is 11.0. The molecule has 2 unspecified atom stereocenters. The zero-order valence-corrected chi connectivity index (χ0v) is 41.7. The zero-order valence-electron chi connectivity index (χ0n) is 41.7. The van der Waals surface area contributed by atoms with Crippen molar-refractivity contribution in [3.63, 3.8) is 0 Å². The number of carbonyl (C=O) groups excluding carboxylic acids is 3. The third kappa shape index (κ3) is 43.7. The molecule has 0 aliphatic carbocycles. The van der Waals surface area contributed by atoms with Crippen LogP contribution in [0, 0.1) is 0 Å². The van der Waals surface area contributed by atoms with E-state index in [1.807, 2.05) is 0 Å². The molecule has 8 nitrogen and oxygen atoms in total. The van der Waals surface area contributed by atoms with Crippen LogP contribution in [0.5, 0.6) is 0 Å². The average Bonchev–Trinajstić information content (AvgIpc) is 3.26. The predicted molar refractivity (Wildman–Crippen MR) is 268 cm³/mol. The smallest absolute Gasteiger partial charge is 0.306 e. The summed E-state index contributed by atoms with van der Waals surface area (Å²) >= 11 is 0. The minimum Gasteiger partial charge on any atom is -0.544 e. The second kappa shape index (κ2) is 46.1. The van der Waals surface area contributed by atoms with Gasteiger partial charge in [0, 0.05) is 19.3 Å². The van der Waals surface area contributed by atoms with Crippen molar-refractivity contribution in [1.29, 1.82) is 0 Å². The SMILES string of the molecule is CC/C=C/C/C=C/C/C=C/C/C=C/C/C=C/C/C=C/CCCCC(=O)OCC(COCCC(C(=O)[O-])[N+](C)(C)C)OC(=O)CCCCCCCCC/C=C/CCCCCCCCCC. The number of allylic oxidation sites excluding steroid dienone is 14. The second-order valence-electron chi connectivity index (χ2n) is 18.0. The lowest BCUT2D eigenvalue weighted by Gasteiger charge is -2.34. The van der Waals surface area contributed by atoms with Crippen molar-refractivity contribution in [2.75, 3.05) is 41.0 Å². The molecule has 2 atom stereocenters. The van der Waals surface area contributed by atoms with Crippen LogP contribution in [0.25, 0.3) is 0 Å². The maximum atomic E-state index is 12.8. The molecule has 0 rings (SSSR count). The first-order valence-corrected chi connectivity index (χ1v) is 25.6. The van der Waals surface area contributed by atoms with Crippen molar-refractivity contribution >= 4 is 17.9 Å². The number of carboxylic acid groups (broad SMARTS) is 1. The quantitative estimate of drug-likeness (QED) is 0.0260. The summed E-state index contributed by atoms with van der Waals surface area (Å²) in [6, 6.07) is -0.738. The van der Waals surface area contributed by atoms with Crippen molar-refractivity contribution in [2.45, 2.75) is 212 Å². The van der Waals surface area contributed by atoms with Gasteiger partial charge in [0.2, 0.25) is 0 Å². The van der Waals surface area contributed by atoms with Crippen LogP contribution in [-0.2, 0) is 28.6 Å². The van der Waals surface area contributed by atoms with E-state index in [9.17, 15) is 19.5 Å². The summed E-state index contributed by atoms with van der Waals surface area (Å²) < 4.78 is 17.2. The number of carboxylic acids is 1. The molecule has 0 aromatic heterocycles. The molecule has 8 heteroatoms. The van der Waals surface area contributed by atoms with Crippen LogP contribution >= 0.6 is 0 Å². The van der Waals surface area contributed by atoms with Gasteiger partial charge in [-0.05, 0) is 89.9 Å². The van der Waals surface area contributed by atoms with Crippen molar-refractivity contribution in [2.24, 2.45) is 0 Å². The van der Waals surface area contributed by atoms with Gasteiger partial charge >= 0.3 is 11.9 Å². The summed E-state index contributed by atoms with van der Waals surface area (Å²) in [6.07, 6.45) is 60.4. The van der Waals surface area contributed by atoms with Gasteiger partial charge in [0.1, 0.15) is 12.6 Å². The Morgan fingerprint density at radius 1 is 0.484 bits per heavy atom. The van der Waals surface area contributed by atoms with Gasteiger partial charge in [0.25, 0.3) is 0 Å². The summed E-state index contributed by atoms with van der Waals surface area (Å²) in [4.78, 5) is 37.0. The number of hydrogen-bond acceptors (Lipinski definition) is 7. The highest BCUT2D eigenvalue weighted by Gasteiger charge is 2.25. The van der Waals surface area contributed by atoms with Crippen LogP contribution in [0.15, 0.2) is 85.1 Å². The highest BCUT2D eigenvalue weighted by Crippen LogP contribution is 2.14. The van der Waals surface area contributed by atoms with Crippen molar-refractivity contribution in [1.82, 2.24) is 0 Å². The van der Waals surface area contributed by atoms with Crippen molar-refractivity contribution < 1.29 is 38.2 Å². The summed E-state index contributed by atoms with van der Waals surface area (Å²) in [6.45, 7) is 4.50. The first kappa shape index (κ1) is 60.5. The number of carbonyl (C=O) groups is 3. The molecule has 64 heavy (non-hydrogen) atoms. The van der Waals surface area contributed by atoms with Crippen molar-refractivity contribution in [3.05, 3.63) is 85.1 Å². The number of ether oxygens (including phenoxy) is 3. The topological polar surface area (TPSA) is 102 Å². The van der Waals surface area contributed by atoms with E-state index in [1.54, 1.807) is 21.1 Å². The van der Waals surface area contributed by atoms with E-state index in [0.29, 0.717) is 12.8 Å². The summed E-state index contributed by atoms with van der Waals surface area (Å²) in [5, 5.41) is 11.7. The van der Waals surface area contributed by atoms with E-state index in [2.05, 4.69) is 98.9 Å². The van der Waals surface area contributed by atoms with Crippen LogP contribution in [0.4, 0.5) is 0 Å². The fourth-order valence-corrected chi connectivity index (χ4v) is 7.07. The minimum absolute atomic E-state index is 0.0208. The standard InChI is InChI=1S/C56H95NO7/c1-6-8-10-12-14-16-18-20-22-24-26-27-29-30-32-34-36-38-40-42-44-46-54(58)63-51-52(50-62-49-48-53(56(60)61)57(3,4)5)64-55(59)47-45-43-41-39-37-35-33-31-28-25-23-21-19-17-15-13-11-9-7-2/h8,10,14,16,20,22,25-28,30,32,36,38,52-53H,6-7,9,11-13,15,17-19,21,23-24,29,31,33-35,37,39-51H2,1-5H3/b10-8+,16-14+,22-20+,27-26+,28-25+,32-30+,38-36+. The number of nitrogens with zero attached hydrogens (tertiary/aromatic N) is 1. The molecule has 0 aliphatic heterocycles. The fraction of sp³-hybridized carbons (Fsp3) is 0.696. The molecule has 0 saturated heterocycles. The molecule has 0 aromatic carbocycles. The monoisotopic (exact) mass is 894 g/mol. The predicted octanol–water partition coefficient (Wildman–Crippen LogP) is 13.5. The Kier molecular flexibility index (Phi) is 43.5. The van der Waals surface area contributed by atoms with Crippen molar-refractivity contribution in [3.8, 4) is 0 Å². The third-order valence-electron chi connectivity index (χ3n) is 11.0. The van der Waals surface area contributed by atoms with Gasteiger partial charge in [-0.25, -0.2) is 0 Å². The Morgan fingerprint density at radius 3 is 1.34 bits per heavy atom. The van der Waals surface area contributed by atoms with E-state index in [1.165, 1.54) is 89.9 Å². The molecule has 0 spiro atoms. The molecule has 0 aliphatic rings. The average molecular weight is 894 g/mol. The van der Waals surface area contributed by atoms with Crippen LogP contribution in [-0.4, -0.2) is 75.5 Å². The number of rotatable bonds is 45. The van der Waals surface area contributed by atoms with Crippen LogP contribution in [0.3, 0.4) is 0 Å². The highest BCUT2D eigenvalue weighted by atomic mass is 16.6. The Balaban J connectivity index is 4.36. The number of aliphatic carboxylic acids is 1. The summed E-state index contributed by atoms with van der Waals surface area (Å²) in [5.41, 5.74) is 0. The van der Waals surface area contributed by atoms with Crippen LogP contribution in [0.2, 0.25) is 0 Å². The van der Waals surface area contributed by atoms with Gasteiger partial charge in [-0.3, -0.25) is 9.59 Å². The molecular formula is C56H95NO7. The van der Waals surface area contributed by atoms with E-state index in [0.717, 1.165) is 70.6 Å². The molecule has 0 N–H and O–H groups in total. The number of hydrogen-bond donors (Lipinski definition) is 0. The first-order chi connectivity index (χ1) is 31.1. The maximum absolute atomic E-state index is 12.8. The number of esters is 2.